The fraction of sp³-hybridized carbons (Fsp3) is 0.100. The number of benzene rings is 1. The van der Waals surface area contributed by atoms with Crippen LogP contribution in [0.5, 0.6) is 0 Å². The predicted molar refractivity (Wildman–Crippen MR) is 63.1 cm³/mol. The third kappa shape index (κ3) is 2.66. The van der Waals surface area contributed by atoms with Crippen LogP contribution in [0.4, 0.5) is 4.39 Å². The maximum absolute atomic E-state index is 12.9. The number of hydrogen-bond donors (Lipinski definition) is 0. The minimum Gasteiger partial charge on any atom is -0.253 e. The molecule has 0 spiro atoms. The summed E-state index contributed by atoms with van der Waals surface area (Å²) in [4.78, 5) is 0. The molecule has 0 amide bonds. The maximum atomic E-state index is 12.9. The zero-order valence-corrected chi connectivity index (χ0v) is 10.8. The number of nitrogens with zero attached hydrogens (tertiary/aromatic N) is 2. The van der Waals surface area contributed by atoms with Gasteiger partial charge in [0.25, 0.3) is 0 Å². The number of halogens is 3. The Hall–Kier alpha value is -0.680. The van der Waals surface area contributed by atoms with Crippen molar-refractivity contribution >= 4 is 31.9 Å². The van der Waals surface area contributed by atoms with E-state index < -0.39 is 0 Å². The van der Waals surface area contributed by atoms with Crippen molar-refractivity contribution in [3.63, 3.8) is 0 Å². The van der Waals surface area contributed by atoms with Gasteiger partial charge in [0.1, 0.15) is 15.0 Å². The van der Waals surface area contributed by atoms with Gasteiger partial charge in [-0.3, -0.25) is 4.68 Å². The van der Waals surface area contributed by atoms with Gasteiger partial charge in [-0.05, 0) is 49.6 Å². The second-order valence-electron chi connectivity index (χ2n) is 3.08. The van der Waals surface area contributed by atoms with E-state index in [1.54, 1.807) is 10.7 Å². The Balaban J connectivity index is 2.25. The number of aromatic nitrogens is 2. The molecule has 0 fully saturated rings. The lowest BCUT2D eigenvalue weighted by atomic mass is 10.2. The molecule has 1 aromatic heterocycles. The van der Waals surface area contributed by atoms with Crippen LogP contribution in [0.2, 0.25) is 0 Å². The van der Waals surface area contributed by atoms with Gasteiger partial charge in [-0.2, -0.15) is 5.10 Å². The first-order chi connectivity index (χ1) is 7.15. The fourth-order valence-corrected chi connectivity index (χ4v) is 2.42. The van der Waals surface area contributed by atoms with E-state index in [1.807, 2.05) is 12.1 Å². The minimum atomic E-state index is -0.227. The number of hydrogen-bond acceptors (Lipinski definition) is 1. The van der Waals surface area contributed by atoms with Crippen LogP contribution in [0.15, 0.2) is 39.5 Å². The summed E-state index contributed by atoms with van der Waals surface area (Å²) in [5.41, 5.74) is 0.881. The van der Waals surface area contributed by atoms with Gasteiger partial charge in [0.2, 0.25) is 0 Å². The molecule has 0 saturated heterocycles. The van der Waals surface area contributed by atoms with E-state index in [4.69, 9.17) is 0 Å². The van der Waals surface area contributed by atoms with E-state index in [0.717, 1.165) is 14.8 Å². The standard InChI is InChI=1S/C10H7Br2FN2/c11-9-5-10(12)15(14-9)6-7-2-1-3-8(13)4-7/h1-5H,6H2. The summed E-state index contributed by atoms with van der Waals surface area (Å²) in [6.07, 6.45) is 0. The highest BCUT2D eigenvalue weighted by atomic mass is 79.9. The zero-order valence-electron chi connectivity index (χ0n) is 7.62. The highest BCUT2D eigenvalue weighted by Gasteiger charge is 2.04. The van der Waals surface area contributed by atoms with E-state index in [1.165, 1.54) is 12.1 Å². The lowest BCUT2D eigenvalue weighted by Crippen LogP contribution is -2.02. The van der Waals surface area contributed by atoms with Crippen molar-refractivity contribution in [1.82, 2.24) is 9.78 Å². The molecule has 78 valence electrons. The van der Waals surface area contributed by atoms with Crippen molar-refractivity contribution in [2.45, 2.75) is 6.54 Å². The van der Waals surface area contributed by atoms with Crippen molar-refractivity contribution < 1.29 is 4.39 Å². The summed E-state index contributed by atoms with van der Waals surface area (Å²) in [6.45, 7) is 0.546. The maximum Gasteiger partial charge on any atom is 0.129 e. The number of rotatable bonds is 2. The lowest BCUT2D eigenvalue weighted by Gasteiger charge is -2.03. The molecule has 0 N–H and O–H groups in total. The quantitative estimate of drug-likeness (QED) is 0.821. The summed E-state index contributed by atoms with van der Waals surface area (Å²) in [5, 5.41) is 4.20. The zero-order chi connectivity index (χ0) is 10.8. The molecule has 2 nitrogen and oxygen atoms in total. The van der Waals surface area contributed by atoms with Crippen molar-refractivity contribution in [3.05, 3.63) is 50.9 Å². The fourth-order valence-electron chi connectivity index (χ4n) is 1.28. The summed E-state index contributed by atoms with van der Waals surface area (Å²) >= 11 is 6.64. The third-order valence-electron chi connectivity index (χ3n) is 1.92. The first-order valence-corrected chi connectivity index (χ1v) is 5.87. The highest BCUT2D eigenvalue weighted by molar-refractivity contribution is 9.11. The smallest absolute Gasteiger partial charge is 0.129 e. The molecule has 0 atom stereocenters. The van der Waals surface area contributed by atoms with E-state index in [0.29, 0.717) is 6.54 Å². The van der Waals surface area contributed by atoms with Crippen LogP contribution in [0.25, 0.3) is 0 Å². The lowest BCUT2D eigenvalue weighted by molar-refractivity contribution is 0.617. The molecule has 0 unspecified atom stereocenters. The van der Waals surface area contributed by atoms with Gasteiger partial charge in [-0.15, -0.1) is 0 Å². The molecule has 0 aliphatic heterocycles. The van der Waals surface area contributed by atoms with Crippen LogP contribution in [-0.4, -0.2) is 9.78 Å². The van der Waals surface area contributed by atoms with Crippen LogP contribution in [0.1, 0.15) is 5.56 Å². The molecule has 15 heavy (non-hydrogen) atoms. The van der Waals surface area contributed by atoms with E-state index in [9.17, 15) is 4.39 Å². The highest BCUT2D eigenvalue weighted by Crippen LogP contribution is 2.17. The van der Waals surface area contributed by atoms with Gasteiger partial charge < -0.3 is 0 Å². The Bertz CT molecular complexity index is 482. The SMILES string of the molecule is Fc1cccc(Cn2nc(Br)cc2Br)c1. The second-order valence-corrected chi connectivity index (χ2v) is 4.70. The summed E-state index contributed by atoms with van der Waals surface area (Å²) < 4.78 is 16.3. The molecule has 0 aliphatic carbocycles. The Morgan fingerprint density at radius 2 is 2.07 bits per heavy atom. The normalized spacial score (nSPS) is 10.6. The Morgan fingerprint density at radius 1 is 1.27 bits per heavy atom. The van der Waals surface area contributed by atoms with Crippen molar-refractivity contribution in [2.24, 2.45) is 0 Å². The topological polar surface area (TPSA) is 17.8 Å². The van der Waals surface area contributed by atoms with Gasteiger partial charge in [0.15, 0.2) is 0 Å². The third-order valence-corrected chi connectivity index (χ3v) is 2.95. The van der Waals surface area contributed by atoms with Gasteiger partial charge in [0.05, 0.1) is 6.54 Å². The Morgan fingerprint density at radius 3 is 2.67 bits per heavy atom. The molecule has 1 aromatic carbocycles. The second kappa shape index (κ2) is 4.45. The summed E-state index contributed by atoms with van der Waals surface area (Å²) in [7, 11) is 0. The van der Waals surface area contributed by atoms with Crippen molar-refractivity contribution in [3.8, 4) is 0 Å². The molecule has 5 heteroatoms. The molecular formula is C10H7Br2FN2. The van der Waals surface area contributed by atoms with E-state index in [2.05, 4.69) is 37.0 Å². The summed E-state index contributed by atoms with van der Waals surface area (Å²) in [5.74, 6) is -0.227. The molecule has 0 radical (unpaired) electrons. The minimum absolute atomic E-state index is 0.227. The average molecular weight is 334 g/mol. The van der Waals surface area contributed by atoms with Gasteiger partial charge >= 0.3 is 0 Å². The van der Waals surface area contributed by atoms with Gasteiger partial charge in [-0.25, -0.2) is 4.39 Å². The molecular weight excluding hydrogens is 327 g/mol. The molecule has 2 rings (SSSR count). The van der Waals surface area contributed by atoms with Crippen LogP contribution in [0, 0.1) is 5.82 Å². The molecule has 0 aliphatic rings. The summed E-state index contributed by atoms with van der Waals surface area (Å²) in [6, 6.07) is 8.33. The molecule has 2 aromatic rings. The van der Waals surface area contributed by atoms with E-state index in [-0.39, 0.29) is 5.82 Å². The van der Waals surface area contributed by atoms with Crippen LogP contribution >= 0.6 is 31.9 Å². The Kier molecular flexibility index (Phi) is 3.21. The first kappa shape index (κ1) is 10.8. The van der Waals surface area contributed by atoms with E-state index >= 15 is 0 Å². The van der Waals surface area contributed by atoms with Crippen molar-refractivity contribution in [2.75, 3.05) is 0 Å². The van der Waals surface area contributed by atoms with Gasteiger partial charge in [0, 0.05) is 6.07 Å². The molecule has 1 heterocycles. The average Bonchev–Trinajstić information content (AvgIpc) is 2.45. The van der Waals surface area contributed by atoms with Gasteiger partial charge in [-0.1, -0.05) is 12.1 Å². The van der Waals surface area contributed by atoms with Crippen LogP contribution in [0.3, 0.4) is 0 Å². The molecule has 0 saturated carbocycles. The van der Waals surface area contributed by atoms with Crippen LogP contribution < -0.4 is 0 Å². The van der Waals surface area contributed by atoms with Crippen LogP contribution in [-0.2, 0) is 6.54 Å². The molecule has 0 bridgehead atoms. The largest absolute Gasteiger partial charge is 0.253 e. The first-order valence-electron chi connectivity index (χ1n) is 4.28. The van der Waals surface area contributed by atoms with Crippen molar-refractivity contribution in [1.29, 1.82) is 0 Å². The predicted octanol–water partition coefficient (Wildman–Crippen LogP) is 3.60. The Labute approximate surface area is 103 Å². The monoisotopic (exact) mass is 332 g/mol.